The minimum atomic E-state index is -0.721. The van der Waals surface area contributed by atoms with Crippen LogP contribution in [0.1, 0.15) is 28.7 Å². The fourth-order valence-corrected chi connectivity index (χ4v) is 3.95. The predicted octanol–water partition coefficient (Wildman–Crippen LogP) is 6.28. The van der Waals surface area contributed by atoms with Gasteiger partial charge >= 0.3 is 11.9 Å². The van der Waals surface area contributed by atoms with Crippen LogP contribution in [-0.4, -0.2) is 11.9 Å². The fourth-order valence-electron chi connectivity index (χ4n) is 3.95. The maximum atomic E-state index is 12.3. The summed E-state index contributed by atoms with van der Waals surface area (Å²) in [6.45, 7) is 3.78. The molecule has 180 valence electrons. The lowest BCUT2D eigenvalue weighted by molar-refractivity contribution is -0.144. The molecule has 0 saturated heterocycles. The molecule has 0 bridgehead atoms. The molecule has 6 nitrogen and oxygen atoms in total. The van der Waals surface area contributed by atoms with Gasteiger partial charge in [0.05, 0.1) is 23.3 Å². The second-order valence-corrected chi connectivity index (χ2v) is 8.46. The van der Waals surface area contributed by atoms with Crippen molar-refractivity contribution in [2.75, 3.05) is 0 Å². The Kier molecular flexibility index (Phi) is 7.42. The van der Waals surface area contributed by atoms with E-state index in [1.807, 2.05) is 50.2 Å². The van der Waals surface area contributed by atoms with Gasteiger partial charge in [0.25, 0.3) is 0 Å². The maximum Gasteiger partial charge on any atom is 0.322 e. The van der Waals surface area contributed by atoms with Gasteiger partial charge in [0, 0.05) is 0 Å². The number of carbonyl (C=O) groups is 2. The number of aryl methyl sites for hydroxylation is 2. The van der Waals surface area contributed by atoms with Crippen LogP contribution in [0.5, 0.6) is 11.5 Å². The SMILES string of the molecule is Cc1cc(OC(=O)CC(=O)Oc2ccc(-c3ccc(C#N)cc3)c(C)c2)ccc1-c1ccc(C#N)cc1. The highest BCUT2D eigenvalue weighted by Gasteiger charge is 2.16. The summed E-state index contributed by atoms with van der Waals surface area (Å²) in [7, 11) is 0. The number of hydrogen-bond donors (Lipinski definition) is 0. The number of nitriles is 2. The summed E-state index contributed by atoms with van der Waals surface area (Å²) in [5.74, 6) is -0.784. The second kappa shape index (κ2) is 11.0. The van der Waals surface area contributed by atoms with Crippen molar-refractivity contribution in [3.8, 4) is 45.9 Å². The minimum Gasteiger partial charge on any atom is -0.426 e. The van der Waals surface area contributed by atoms with E-state index < -0.39 is 18.4 Å². The van der Waals surface area contributed by atoms with E-state index >= 15 is 0 Å². The molecule has 0 saturated carbocycles. The molecule has 0 aliphatic rings. The van der Waals surface area contributed by atoms with Gasteiger partial charge in [-0.2, -0.15) is 10.5 Å². The number of esters is 2. The van der Waals surface area contributed by atoms with E-state index in [4.69, 9.17) is 20.0 Å². The van der Waals surface area contributed by atoms with Crippen molar-refractivity contribution in [1.82, 2.24) is 0 Å². The van der Waals surface area contributed by atoms with Gasteiger partial charge in [-0.15, -0.1) is 0 Å². The molecule has 0 fully saturated rings. The highest BCUT2D eigenvalue weighted by atomic mass is 16.6. The molecule has 0 aliphatic heterocycles. The average Bonchev–Trinajstić information content (AvgIpc) is 2.89. The Balaban J connectivity index is 1.36. The summed E-state index contributed by atoms with van der Waals surface area (Å²) in [5.41, 5.74) is 6.71. The molecule has 0 unspecified atom stereocenters. The lowest BCUT2D eigenvalue weighted by atomic mass is 9.99. The highest BCUT2D eigenvalue weighted by molar-refractivity contribution is 5.93. The van der Waals surface area contributed by atoms with Gasteiger partial charge in [0.1, 0.15) is 17.9 Å². The van der Waals surface area contributed by atoms with E-state index in [-0.39, 0.29) is 0 Å². The summed E-state index contributed by atoms with van der Waals surface area (Å²) in [6.07, 6.45) is -0.535. The van der Waals surface area contributed by atoms with Crippen molar-refractivity contribution in [3.05, 3.63) is 107 Å². The molecule has 0 aromatic heterocycles. The summed E-state index contributed by atoms with van der Waals surface area (Å²) in [6, 6.07) is 29.1. The molecule has 37 heavy (non-hydrogen) atoms. The lowest BCUT2D eigenvalue weighted by Crippen LogP contribution is -2.18. The van der Waals surface area contributed by atoms with Crippen molar-refractivity contribution in [2.24, 2.45) is 0 Å². The van der Waals surface area contributed by atoms with Gasteiger partial charge < -0.3 is 9.47 Å². The summed E-state index contributed by atoms with van der Waals surface area (Å²) in [5, 5.41) is 17.9. The fraction of sp³-hybridized carbons (Fsp3) is 0.0968. The predicted molar refractivity (Wildman–Crippen MR) is 139 cm³/mol. The molecule has 0 spiro atoms. The molecule has 0 atom stereocenters. The smallest absolute Gasteiger partial charge is 0.322 e. The Labute approximate surface area is 214 Å². The van der Waals surface area contributed by atoms with E-state index in [2.05, 4.69) is 12.1 Å². The van der Waals surface area contributed by atoms with E-state index in [1.165, 1.54) is 0 Å². The van der Waals surface area contributed by atoms with Crippen molar-refractivity contribution in [2.45, 2.75) is 20.3 Å². The van der Waals surface area contributed by atoms with Crippen LogP contribution in [0.3, 0.4) is 0 Å². The van der Waals surface area contributed by atoms with Crippen molar-refractivity contribution < 1.29 is 19.1 Å². The van der Waals surface area contributed by atoms with Gasteiger partial charge in [-0.05, 0) is 95.8 Å². The van der Waals surface area contributed by atoms with E-state index in [1.54, 1.807) is 48.5 Å². The largest absolute Gasteiger partial charge is 0.426 e. The standard InChI is InChI=1S/C31H22N2O4/c1-20-15-26(11-13-28(20)24-7-3-22(18-32)4-8-24)36-30(34)17-31(35)37-27-12-14-29(21(2)16-27)25-9-5-23(19-33)6-10-25/h3-16H,17H2,1-2H3. The Morgan fingerprint density at radius 2 is 1.00 bits per heavy atom. The molecule has 4 aromatic carbocycles. The number of nitrogens with zero attached hydrogens (tertiary/aromatic N) is 2. The van der Waals surface area contributed by atoms with Crippen LogP contribution < -0.4 is 9.47 Å². The summed E-state index contributed by atoms with van der Waals surface area (Å²) < 4.78 is 10.7. The van der Waals surface area contributed by atoms with Gasteiger partial charge in [-0.25, -0.2) is 0 Å². The Hall–Kier alpha value is -5.20. The molecule has 0 N–H and O–H groups in total. The first-order valence-electron chi connectivity index (χ1n) is 11.5. The van der Waals surface area contributed by atoms with Gasteiger partial charge in [0.2, 0.25) is 0 Å². The third kappa shape index (κ3) is 6.08. The highest BCUT2D eigenvalue weighted by Crippen LogP contribution is 2.29. The van der Waals surface area contributed by atoms with Crippen LogP contribution in [-0.2, 0) is 9.59 Å². The zero-order chi connectivity index (χ0) is 26.4. The summed E-state index contributed by atoms with van der Waals surface area (Å²) in [4.78, 5) is 24.7. The average molecular weight is 487 g/mol. The van der Waals surface area contributed by atoms with Crippen molar-refractivity contribution >= 4 is 11.9 Å². The lowest BCUT2D eigenvalue weighted by Gasteiger charge is -2.11. The number of rotatable bonds is 6. The quantitative estimate of drug-likeness (QED) is 0.181. The third-order valence-corrected chi connectivity index (χ3v) is 5.80. The number of ether oxygens (including phenoxy) is 2. The van der Waals surface area contributed by atoms with Crippen LogP contribution >= 0.6 is 0 Å². The van der Waals surface area contributed by atoms with Crippen LogP contribution in [0.4, 0.5) is 0 Å². The van der Waals surface area contributed by atoms with E-state index in [9.17, 15) is 9.59 Å². The van der Waals surface area contributed by atoms with Crippen LogP contribution in [0, 0.1) is 36.5 Å². The Bertz CT molecular complexity index is 1440. The molecular formula is C31H22N2O4. The van der Waals surface area contributed by atoms with E-state index in [0.717, 1.165) is 33.4 Å². The molecule has 0 aliphatic carbocycles. The molecular weight excluding hydrogens is 464 g/mol. The zero-order valence-corrected chi connectivity index (χ0v) is 20.3. The van der Waals surface area contributed by atoms with Crippen LogP contribution in [0.25, 0.3) is 22.3 Å². The second-order valence-electron chi connectivity index (χ2n) is 8.46. The topological polar surface area (TPSA) is 100 Å². The number of carbonyl (C=O) groups excluding carboxylic acids is 2. The van der Waals surface area contributed by atoms with Crippen molar-refractivity contribution in [1.29, 1.82) is 10.5 Å². The van der Waals surface area contributed by atoms with Gasteiger partial charge in [-0.1, -0.05) is 36.4 Å². The van der Waals surface area contributed by atoms with Crippen molar-refractivity contribution in [3.63, 3.8) is 0 Å². The molecule has 6 heteroatoms. The van der Waals surface area contributed by atoms with E-state index in [0.29, 0.717) is 22.6 Å². The molecule has 0 amide bonds. The van der Waals surface area contributed by atoms with Crippen LogP contribution in [0.15, 0.2) is 84.9 Å². The van der Waals surface area contributed by atoms with Crippen LogP contribution in [0.2, 0.25) is 0 Å². The third-order valence-electron chi connectivity index (χ3n) is 5.80. The monoisotopic (exact) mass is 486 g/mol. The first-order chi connectivity index (χ1) is 17.9. The normalized spacial score (nSPS) is 10.2. The first kappa shape index (κ1) is 24.9. The molecule has 0 radical (unpaired) electrons. The molecule has 0 heterocycles. The number of benzene rings is 4. The first-order valence-corrected chi connectivity index (χ1v) is 11.5. The summed E-state index contributed by atoms with van der Waals surface area (Å²) >= 11 is 0. The zero-order valence-electron chi connectivity index (χ0n) is 20.3. The Morgan fingerprint density at radius 3 is 1.32 bits per heavy atom. The Morgan fingerprint density at radius 1 is 0.622 bits per heavy atom. The van der Waals surface area contributed by atoms with Gasteiger partial charge in [-0.3, -0.25) is 9.59 Å². The van der Waals surface area contributed by atoms with Gasteiger partial charge in [0.15, 0.2) is 0 Å². The molecule has 4 rings (SSSR count). The maximum absolute atomic E-state index is 12.3. The minimum absolute atomic E-state index is 0.329. The molecule has 4 aromatic rings. The number of hydrogen-bond acceptors (Lipinski definition) is 6.